The monoisotopic (exact) mass is 336 g/mol. The number of carbonyl (C=O) groups is 2. The standard InChI is InChI=1S/C14H16F4N2O3/c1-2-3-9(21)7-19-12(22)13(23)20-11-5-4-8(15)6-10(11)14(16,17)18/h4-6,9,21H,2-3,7H2,1H3,(H,19,22)(H,20,23). The second-order valence-electron chi connectivity index (χ2n) is 4.79. The van der Waals surface area contributed by atoms with Crippen LogP contribution in [0.2, 0.25) is 0 Å². The van der Waals surface area contributed by atoms with Crippen molar-refractivity contribution in [2.75, 3.05) is 11.9 Å². The number of hydrogen-bond donors (Lipinski definition) is 3. The first-order chi connectivity index (χ1) is 10.6. The summed E-state index contributed by atoms with van der Waals surface area (Å²) in [4.78, 5) is 23.1. The third-order valence-electron chi connectivity index (χ3n) is 2.86. The van der Waals surface area contributed by atoms with Crippen molar-refractivity contribution in [2.24, 2.45) is 0 Å². The minimum Gasteiger partial charge on any atom is -0.391 e. The van der Waals surface area contributed by atoms with Crippen LogP contribution in [0.5, 0.6) is 0 Å². The SMILES string of the molecule is CCCC(O)CNC(=O)C(=O)Nc1ccc(F)cc1C(F)(F)F. The summed E-state index contributed by atoms with van der Waals surface area (Å²) >= 11 is 0. The van der Waals surface area contributed by atoms with E-state index >= 15 is 0 Å². The molecule has 0 bridgehead atoms. The summed E-state index contributed by atoms with van der Waals surface area (Å²) in [5.41, 5.74) is -2.13. The van der Waals surface area contributed by atoms with Crippen LogP contribution < -0.4 is 10.6 Å². The number of alkyl halides is 3. The molecule has 23 heavy (non-hydrogen) atoms. The van der Waals surface area contributed by atoms with Gasteiger partial charge in [0.15, 0.2) is 0 Å². The Balaban J connectivity index is 2.76. The molecule has 1 aromatic rings. The van der Waals surface area contributed by atoms with E-state index in [1.807, 2.05) is 6.92 Å². The highest BCUT2D eigenvalue weighted by Crippen LogP contribution is 2.35. The van der Waals surface area contributed by atoms with E-state index in [0.29, 0.717) is 12.8 Å². The fourth-order valence-electron chi connectivity index (χ4n) is 1.77. The Hall–Kier alpha value is -2.16. The van der Waals surface area contributed by atoms with Crippen molar-refractivity contribution in [1.29, 1.82) is 0 Å². The number of rotatable bonds is 5. The van der Waals surface area contributed by atoms with Gasteiger partial charge in [-0.3, -0.25) is 9.59 Å². The molecule has 0 heterocycles. The lowest BCUT2D eigenvalue weighted by Gasteiger charge is -2.14. The Labute approximate surface area is 129 Å². The van der Waals surface area contributed by atoms with Gasteiger partial charge in [-0.1, -0.05) is 13.3 Å². The lowest BCUT2D eigenvalue weighted by Crippen LogP contribution is -2.39. The molecule has 1 aromatic carbocycles. The van der Waals surface area contributed by atoms with Gasteiger partial charge >= 0.3 is 18.0 Å². The Bertz CT molecular complexity index is 576. The highest BCUT2D eigenvalue weighted by atomic mass is 19.4. The number of aliphatic hydroxyl groups excluding tert-OH is 1. The second kappa shape index (κ2) is 7.91. The zero-order valence-electron chi connectivity index (χ0n) is 12.2. The molecule has 1 unspecified atom stereocenters. The molecule has 1 atom stereocenters. The average Bonchev–Trinajstić information content (AvgIpc) is 2.45. The Morgan fingerprint density at radius 3 is 2.48 bits per heavy atom. The van der Waals surface area contributed by atoms with E-state index in [9.17, 15) is 32.3 Å². The van der Waals surface area contributed by atoms with Crippen LogP contribution in [0.15, 0.2) is 18.2 Å². The number of hydrogen-bond acceptors (Lipinski definition) is 3. The van der Waals surface area contributed by atoms with Crippen LogP contribution in [0.4, 0.5) is 23.2 Å². The van der Waals surface area contributed by atoms with Crippen LogP contribution in [0.3, 0.4) is 0 Å². The molecule has 0 radical (unpaired) electrons. The molecule has 9 heteroatoms. The van der Waals surface area contributed by atoms with Crippen molar-refractivity contribution in [2.45, 2.75) is 32.0 Å². The van der Waals surface area contributed by atoms with Gasteiger partial charge in [0.1, 0.15) is 5.82 Å². The predicted molar refractivity (Wildman–Crippen MR) is 74.0 cm³/mol. The molecule has 3 N–H and O–H groups in total. The van der Waals surface area contributed by atoms with Crippen molar-refractivity contribution in [3.63, 3.8) is 0 Å². The normalized spacial score (nSPS) is 12.6. The quantitative estimate of drug-likeness (QED) is 0.569. The molecule has 128 valence electrons. The number of carbonyl (C=O) groups excluding carboxylic acids is 2. The number of amides is 2. The molecule has 2 amide bonds. The highest BCUT2D eigenvalue weighted by molar-refractivity contribution is 6.39. The maximum atomic E-state index is 12.9. The maximum absolute atomic E-state index is 12.9. The molecule has 0 saturated carbocycles. The topological polar surface area (TPSA) is 78.4 Å². The van der Waals surface area contributed by atoms with Crippen LogP contribution >= 0.6 is 0 Å². The second-order valence-corrected chi connectivity index (χ2v) is 4.79. The molecule has 0 spiro atoms. The highest BCUT2D eigenvalue weighted by Gasteiger charge is 2.34. The molecule has 0 saturated heterocycles. The van der Waals surface area contributed by atoms with Crippen molar-refractivity contribution in [1.82, 2.24) is 5.32 Å². The molecule has 1 rings (SSSR count). The van der Waals surface area contributed by atoms with E-state index in [4.69, 9.17) is 0 Å². The van der Waals surface area contributed by atoms with Gasteiger partial charge in [-0.05, 0) is 24.6 Å². The first-order valence-electron chi connectivity index (χ1n) is 6.79. The zero-order valence-corrected chi connectivity index (χ0v) is 12.2. The van der Waals surface area contributed by atoms with Crippen molar-refractivity contribution >= 4 is 17.5 Å². The number of halogens is 4. The Morgan fingerprint density at radius 1 is 1.26 bits per heavy atom. The third kappa shape index (κ3) is 5.85. The molecule has 0 aliphatic rings. The minimum atomic E-state index is -4.89. The summed E-state index contributed by atoms with van der Waals surface area (Å²) in [7, 11) is 0. The van der Waals surface area contributed by atoms with Crippen LogP contribution in [-0.2, 0) is 15.8 Å². The summed E-state index contributed by atoms with van der Waals surface area (Å²) in [6.45, 7) is 1.61. The van der Waals surface area contributed by atoms with Gasteiger partial charge in [0, 0.05) is 6.54 Å². The van der Waals surface area contributed by atoms with E-state index in [2.05, 4.69) is 5.32 Å². The molecular formula is C14H16F4N2O3. The number of benzene rings is 1. The predicted octanol–water partition coefficient (Wildman–Crippen LogP) is 2.06. The van der Waals surface area contributed by atoms with Crippen molar-refractivity contribution in [3.05, 3.63) is 29.6 Å². The smallest absolute Gasteiger partial charge is 0.391 e. The first-order valence-corrected chi connectivity index (χ1v) is 6.79. The fourth-order valence-corrected chi connectivity index (χ4v) is 1.77. The van der Waals surface area contributed by atoms with Crippen molar-refractivity contribution in [3.8, 4) is 0 Å². The fraction of sp³-hybridized carbons (Fsp3) is 0.429. The Kier molecular flexibility index (Phi) is 6.49. The Morgan fingerprint density at radius 2 is 1.91 bits per heavy atom. The van der Waals surface area contributed by atoms with Gasteiger partial charge in [0.05, 0.1) is 17.4 Å². The van der Waals surface area contributed by atoms with Crippen LogP contribution in [-0.4, -0.2) is 29.6 Å². The molecule has 5 nitrogen and oxygen atoms in total. The van der Waals surface area contributed by atoms with Gasteiger partial charge < -0.3 is 15.7 Å². The lowest BCUT2D eigenvalue weighted by atomic mass is 10.1. The summed E-state index contributed by atoms with van der Waals surface area (Å²) in [6.07, 6.45) is -4.68. The number of anilines is 1. The van der Waals surface area contributed by atoms with Crippen molar-refractivity contribution < 1.29 is 32.3 Å². The summed E-state index contributed by atoms with van der Waals surface area (Å²) in [5.74, 6) is -3.66. The number of nitrogens with one attached hydrogen (secondary N) is 2. The van der Waals surface area contributed by atoms with Gasteiger partial charge in [-0.2, -0.15) is 13.2 Å². The number of aliphatic hydroxyl groups is 1. The average molecular weight is 336 g/mol. The zero-order chi connectivity index (χ0) is 17.6. The summed E-state index contributed by atoms with van der Waals surface area (Å²) in [6, 6.07) is 1.67. The van der Waals surface area contributed by atoms with Gasteiger partial charge in [0.2, 0.25) is 0 Å². The minimum absolute atomic E-state index is 0.199. The van der Waals surface area contributed by atoms with E-state index in [1.54, 1.807) is 5.32 Å². The van der Waals surface area contributed by atoms with E-state index in [-0.39, 0.29) is 12.6 Å². The van der Waals surface area contributed by atoms with Gasteiger partial charge in [-0.15, -0.1) is 0 Å². The molecule has 0 aliphatic heterocycles. The van der Waals surface area contributed by atoms with E-state index < -0.39 is 41.2 Å². The molecule has 0 fully saturated rings. The molecule has 0 aliphatic carbocycles. The summed E-state index contributed by atoms with van der Waals surface area (Å²) < 4.78 is 51.2. The van der Waals surface area contributed by atoms with Crippen LogP contribution in [0, 0.1) is 5.82 Å². The third-order valence-corrected chi connectivity index (χ3v) is 2.86. The van der Waals surface area contributed by atoms with E-state index in [0.717, 1.165) is 12.1 Å². The summed E-state index contributed by atoms with van der Waals surface area (Å²) in [5, 5.41) is 13.3. The maximum Gasteiger partial charge on any atom is 0.418 e. The largest absolute Gasteiger partial charge is 0.418 e. The van der Waals surface area contributed by atoms with Gasteiger partial charge in [0.25, 0.3) is 0 Å². The lowest BCUT2D eigenvalue weighted by molar-refractivity contribution is -0.138. The van der Waals surface area contributed by atoms with Gasteiger partial charge in [-0.25, -0.2) is 4.39 Å². The first kappa shape index (κ1) is 18.9. The van der Waals surface area contributed by atoms with Crippen LogP contribution in [0.1, 0.15) is 25.3 Å². The molecular weight excluding hydrogens is 320 g/mol. The van der Waals surface area contributed by atoms with E-state index in [1.165, 1.54) is 0 Å². The molecule has 0 aromatic heterocycles. The van der Waals surface area contributed by atoms with Crippen LogP contribution in [0.25, 0.3) is 0 Å².